The van der Waals surface area contributed by atoms with Crippen molar-refractivity contribution in [1.29, 1.82) is 0 Å². The van der Waals surface area contributed by atoms with Crippen molar-refractivity contribution in [3.05, 3.63) is 22.5 Å². The molecular weight excluding hydrogens is 348 g/mol. The van der Waals surface area contributed by atoms with E-state index in [2.05, 4.69) is 24.1 Å². The smallest absolute Gasteiger partial charge is 0.355 e. The number of esters is 2. The molecule has 152 valence electrons. The lowest BCUT2D eigenvalue weighted by molar-refractivity contribution is -0.124. The molecule has 0 saturated carbocycles. The fourth-order valence-corrected chi connectivity index (χ4v) is 2.89. The summed E-state index contributed by atoms with van der Waals surface area (Å²) >= 11 is 0. The predicted molar refractivity (Wildman–Crippen MR) is 103 cm³/mol. The first-order valence-corrected chi connectivity index (χ1v) is 9.50. The van der Waals surface area contributed by atoms with E-state index < -0.39 is 11.9 Å². The van der Waals surface area contributed by atoms with Crippen LogP contribution in [0.2, 0.25) is 0 Å². The Morgan fingerprint density at radius 2 is 1.70 bits per heavy atom. The Hall–Kier alpha value is -2.31. The number of aromatic amines is 1. The Morgan fingerprint density at radius 3 is 2.30 bits per heavy atom. The zero-order valence-corrected chi connectivity index (χ0v) is 17.2. The number of carbonyl (C=O) groups excluding carboxylic acids is 3. The van der Waals surface area contributed by atoms with Crippen molar-refractivity contribution < 1.29 is 23.9 Å². The van der Waals surface area contributed by atoms with Crippen LogP contribution in [0.4, 0.5) is 0 Å². The summed E-state index contributed by atoms with van der Waals surface area (Å²) in [6, 6.07) is 0.0276. The number of amides is 1. The van der Waals surface area contributed by atoms with Gasteiger partial charge in [-0.1, -0.05) is 26.7 Å². The van der Waals surface area contributed by atoms with Gasteiger partial charge in [0.25, 0.3) is 5.91 Å². The van der Waals surface area contributed by atoms with Crippen molar-refractivity contribution in [1.82, 2.24) is 10.3 Å². The molecule has 7 heteroatoms. The number of aromatic nitrogens is 1. The lowest BCUT2D eigenvalue weighted by Crippen LogP contribution is -2.36. The zero-order valence-electron chi connectivity index (χ0n) is 17.2. The molecule has 0 unspecified atom stereocenters. The van der Waals surface area contributed by atoms with Gasteiger partial charge in [0.15, 0.2) is 6.61 Å². The maximum absolute atomic E-state index is 12.3. The van der Waals surface area contributed by atoms with Crippen LogP contribution in [0.25, 0.3) is 0 Å². The van der Waals surface area contributed by atoms with Crippen LogP contribution in [0.15, 0.2) is 0 Å². The zero-order chi connectivity index (χ0) is 20.6. The molecule has 0 saturated heterocycles. The van der Waals surface area contributed by atoms with Gasteiger partial charge >= 0.3 is 11.9 Å². The second-order valence-corrected chi connectivity index (χ2v) is 7.21. The third kappa shape index (κ3) is 7.07. The normalized spacial score (nSPS) is 12.0. The average molecular weight is 380 g/mol. The first-order chi connectivity index (χ1) is 12.7. The highest BCUT2D eigenvalue weighted by Crippen LogP contribution is 2.19. The first kappa shape index (κ1) is 22.7. The lowest BCUT2D eigenvalue weighted by atomic mass is 10.0. The molecule has 27 heavy (non-hydrogen) atoms. The van der Waals surface area contributed by atoms with E-state index >= 15 is 0 Å². The quantitative estimate of drug-likeness (QED) is 0.607. The monoisotopic (exact) mass is 380 g/mol. The fraction of sp³-hybridized carbons (Fsp3) is 0.650. The standard InChI is InChI=1S/C20H32N2O5/c1-7-26-19(24)17-14(5)18(22-15(17)6)20(25)27-11-16(23)21-13(4)10-8-9-12(2)3/h12-13,22H,7-11H2,1-6H3,(H,21,23)/t13-/m1/s1. The summed E-state index contributed by atoms with van der Waals surface area (Å²) in [5.74, 6) is -0.864. The van der Waals surface area contributed by atoms with Crippen LogP contribution >= 0.6 is 0 Å². The van der Waals surface area contributed by atoms with Gasteiger partial charge in [-0.2, -0.15) is 0 Å². The number of H-pyrrole nitrogens is 1. The Morgan fingerprint density at radius 1 is 1.04 bits per heavy atom. The number of rotatable bonds is 10. The maximum atomic E-state index is 12.3. The minimum atomic E-state index is -0.672. The third-order valence-corrected chi connectivity index (χ3v) is 4.28. The van der Waals surface area contributed by atoms with Crippen molar-refractivity contribution in [2.75, 3.05) is 13.2 Å². The van der Waals surface area contributed by atoms with Gasteiger partial charge in [0, 0.05) is 11.7 Å². The van der Waals surface area contributed by atoms with E-state index in [0.29, 0.717) is 22.7 Å². The fourth-order valence-electron chi connectivity index (χ4n) is 2.89. The molecule has 1 atom stereocenters. The van der Waals surface area contributed by atoms with Crippen LogP contribution in [0, 0.1) is 19.8 Å². The Labute approximate surface area is 161 Å². The summed E-state index contributed by atoms with van der Waals surface area (Å²) in [5.41, 5.74) is 1.47. The van der Waals surface area contributed by atoms with E-state index in [4.69, 9.17) is 9.47 Å². The molecule has 2 N–H and O–H groups in total. The summed E-state index contributed by atoms with van der Waals surface area (Å²) in [7, 11) is 0. The molecule has 1 aromatic heterocycles. The minimum Gasteiger partial charge on any atom is -0.462 e. The molecule has 0 radical (unpaired) electrons. The predicted octanol–water partition coefficient (Wildman–Crippen LogP) is 3.30. The van der Waals surface area contributed by atoms with E-state index in [1.54, 1.807) is 20.8 Å². The summed E-state index contributed by atoms with van der Waals surface area (Å²) < 4.78 is 10.1. The van der Waals surface area contributed by atoms with Crippen molar-refractivity contribution in [2.24, 2.45) is 5.92 Å². The summed E-state index contributed by atoms with van der Waals surface area (Å²) in [5, 5.41) is 2.83. The van der Waals surface area contributed by atoms with E-state index in [1.165, 1.54) is 0 Å². The largest absolute Gasteiger partial charge is 0.462 e. The van der Waals surface area contributed by atoms with Crippen molar-refractivity contribution in [2.45, 2.75) is 66.8 Å². The molecule has 1 amide bonds. The topological polar surface area (TPSA) is 97.5 Å². The molecule has 0 bridgehead atoms. The number of hydrogen-bond donors (Lipinski definition) is 2. The highest BCUT2D eigenvalue weighted by atomic mass is 16.5. The van der Waals surface area contributed by atoms with Gasteiger partial charge in [-0.25, -0.2) is 9.59 Å². The third-order valence-electron chi connectivity index (χ3n) is 4.28. The Kier molecular flexibility index (Phi) is 9.05. The van der Waals surface area contributed by atoms with Gasteiger partial charge < -0.3 is 19.8 Å². The van der Waals surface area contributed by atoms with Crippen molar-refractivity contribution >= 4 is 17.8 Å². The van der Waals surface area contributed by atoms with E-state index in [9.17, 15) is 14.4 Å². The molecule has 0 spiro atoms. The summed E-state index contributed by atoms with van der Waals surface area (Å²) in [6.07, 6.45) is 3.04. The number of aryl methyl sites for hydroxylation is 1. The summed E-state index contributed by atoms with van der Waals surface area (Å²) in [6.45, 7) is 11.2. The van der Waals surface area contributed by atoms with Gasteiger partial charge in [0.05, 0.1) is 12.2 Å². The molecule has 1 heterocycles. The first-order valence-electron chi connectivity index (χ1n) is 9.50. The maximum Gasteiger partial charge on any atom is 0.355 e. The Balaban J connectivity index is 2.56. The highest BCUT2D eigenvalue weighted by molar-refractivity contribution is 5.99. The Bertz CT molecular complexity index is 664. The van der Waals surface area contributed by atoms with Crippen LogP contribution in [0.3, 0.4) is 0 Å². The van der Waals surface area contributed by atoms with Gasteiger partial charge in [-0.05, 0) is 45.6 Å². The average Bonchev–Trinajstić information content (AvgIpc) is 2.87. The second kappa shape index (κ2) is 10.7. The van der Waals surface area contributed by atoms with E-state index in [0.717, 1.165) is 19.3 Å². The van der Waals surface area contributed by atoms with Crippen LogP contribution in [-0.2, 0) is 14.3 Å². The molecule has 0 aliphatic heterocycles. The van der Waals surface area contributed by atoms with E-state index in [1.807, 2.05) is 6.92 Å². The molecule has 1 aromatic rings. The molecular formula is C20H32N2O5. The van der Waals surface area contributed by atoms with Crippen molar-refractivity contribution in [3.63, 3.8) is 0 Å². The summed E-state index contributed by atoms with van der Waals surface area (Å²) in [4.78, 5) is 39.1. The van der Waals surface area contributed by atoms with Crippen LogP contribution in [0.1, 0.15) is 79.1 Å². The second-order valence-electron chi connectivity index (χ2n) is 7.21. The molecule has 0 fully saturated rings. The van der Waals surface area contributed by atoms with Gasteiger partial charge in [0.2, 0.25) is 0 Å². The molecule has 0 aliphatic rings. The number of nitrogens with one attached hydrogen (secondary N) is 2. The van der Waals surface area contributed by atoms with Crippen molar-refractivity contribution in [3.8, 4) is 0 Å². The van der Waals surface area contributed by atoms with E-state index in [-0.39, 0.29) is 30.9 Å². The number of ether oxygens (including phenoxy) is 2. The highest BCUT2D eigenvalue weighted by Gasteiger charge is 2.24. The van der Waals surface area contributed by atoms with Crippen LogP contribution < -0.4 is 5.32 Å². The molecule has 0 aromatic carbocycles. The van der Waals surface area contributed by atoms with Gasteiger partial charge in [0.1, 0.15) is 5.69 Å². The van der Waals surface area contributed by atoms with Crippen LogP contribution in [-0.4, -0.2) is 42.1 Å². The number of hydrogen-bond acceptors (Lipinski definition) is 5. The van der Waals surface area contributed by atoms with Gasteiger partial charge in [-0.15, -0.1) is 0 Å². The lowest BCUT2D eigenvalue weighted by Gasteiger charge is -2.14. The minimum absolute atomic E-state index is 0.0276. The SMILES string of the molecule is CCOC(=O)c1c(C)[nH]c(C(=O)OCC(=O)N[C@H](C)CCCC(C)C)c1C. The molecule has 0 aliphatic carbocycles. The number of carbonyl (C=O) groups is 3. The molecule has 1 rings (SSSR count). The van der Waals surface area contributed by atoms with Crippen LogP contribution in [0.5, 0.6) is 0 Å². The molecule has 7 nitrogen and oxygen atoms in total. The van der Waals surface area contributed by atoms with Gasteiger partial charge in [-0.3, -0.25) is 4.79 Å².